The molecule has 0 radical (unpaired) electrons. The SMILES string of the molecule is CCCCCC/C=C/CC/C=C/C(O)C(CO)NC(=O)CCCCCCCCCCCCCCCCCCC/C=C\CCCCCCCCCCCCCCCCCC. The third-order valence-electron chi connectivity index (χ3n) is 12.3. The lowest BCUT2D eigenvalue weighted by Gasteiger charge is -2.19. The van der Waals surface area contributed by atoms with Gasteiger partial charge in [-0.3, -0.25) is 4.79 Å². The van der Waals surface area contributed by atoms with Crippen LogP contribution in [-0.2, 0) is 4.79 Å². The molecule has 0 aliphatic carbocycles. The molecule has 0 aromatic heterocycles. The molecule has 0 saturated carbocycles. The van der Waals surface area contributed by atoms with Gasteiger partial charge in [-0.2, -0.15) is 0 Å². The lowest BCUT2D eigenvalue weighted by molar-refractivity contribution is -0.123. The number of aliphatic hydroxyl groups is 2. The molecule has 0 spiro atoms. The molecule has 0 fully saturated rings. The lowest BCUT2D eigenvalue weighted by atomic mass is 10.0. The Morgan fingerprint density at radius 3 is 1.00 bits per heavy atom. The van der Waals surface area contributed by atoms with Crippen molar-refractivity contribution >= 4 is 5.91 Å². The molecule has 0 aromatic carbocycles. The number of carbonyl (C=O) groups excluding carboxylic acids is 1. The van der Waals surface area contributed by atoms with E-state index in [1.54, 1.807) is 6.08 Å². The number of allylic oxidation sites excluding steroid dienone is 5. The highest BCUT2D eigenvalue weighted by molar-refractivity contribution is 5.76. The van der Waals surface area contributed by atoms with E-state index in [0.29, 0.717) is 6.42 Å². The van der Waals surface area contributed by atoms with Crippen molar-refractivity contribution in [3.05, 3.63) is 36.5 Å². The van der Waals surface area contributed by atoms with Crippen molar-refractivity contribution in [1.82, 2.24) is 5.32 Å². The molecule has 0 saturated heterocycles. The van der Waals surface area contributed by atoms with E-state index in [9.17, 15) is 15.0 Å². The molecule has 348 valence electrons. The number of unbranched alkanes of at least 4 members (excludes halogenated alkanes) is 38. The molecular weight excluding hydrogens is 723 g/mol. The molecule has 2 unspecified atom stereocenters. The van der Waals surface area contributed by atoms with Crippen molar-refractivity contribution in [3.63, 3.8) is 0 Å². The minimum atomic E-state index is -0.858. The Labute approximate surface area is 370 Å². The molecule has 0 rings (SSSR count). The predicted molar refractivity (Wildman–Crippen MR) is 262 cm³/mol. The Balaban J connectivity index is 3.38. The summed E-state index contributed by atoms with van der Waals surface area (Å²) in [5, 5.41) is 22.9. The maximum Gasteiger partial charge on any atom is 0.220 e. The first kappa shape index (κ1) is 57.6. The number of nitrogens with one attached hydrogen (secondary N) is 1. The first-order valence-electron chi connectivity index (χ1n) is 26.7. The largest absolute Gasteiger partial charge is 0.394 e. The van der Waals surface area contributed by atoms with Crippen LogP contribution in [0.15, 0.2) is 36.5 Å². The van der Waals surface area contributed by atoms with E-state index in [0.717, 1.165) is 32.1 Å². The third-order valence-corrected chi connectivity index (χ3v) is 12.3. The van der Waals surface area contributed by atoms with E-state index in [2.05, 4.69) is 43.5 Å². The topological polar surface area (TPSA) is 69.6 Å². The standard InChI is InChI=1S/C55H105NO3/c1-3-5-7-9-11-13-15-16-17-18-19-20-21-22-23-24-25-26-27-28-29-30-31-32-33-34-35-36-37-38-39-40-41-43-45-47-49-51-55(59)56-53(52-57)54(58)50-48-46-44-42-14-12-10-8-6-4-2/h14,26-27,42,48,50,53-54,57-58H,3-13,15-25,28-41,43-47,49,51-52H2,1-2H3,(H,56,59)/b27-26-,42-14+,50-48+. The zero-order chi connectivity index (χ0) is 42.8. The number of hydrogen-bond acceptors (Lipinski definition) is 3. The molecule has 2 atom stereocenters. The first-order valence-corrected chi connectivity index (χ1v) is 26.7. The van der Waals surface area contributed by atoms with Crippen LogP contribution in [-0.4, -0.2) is 34.9 Å². The van der Waals surface area contributed by atoms with Gasteiger partial charge < -0.3 is 15.5 Å². The third kappa shape index (κ3) is 47.5. The van der Waals surface area contributed by atoms with E-state index in [1.807, 2.05) is 6.08 Å². The van der Waals surface area contributed by atoms with Gasteiger partial charge in [-0.05, 0) is 57.8 Å². The highest BCUT2D eigenvalue weighted by atomic mass is 16.3. The van der Waals surface area contributed by atoms with Crippen LogP contribution in [0.5, 0.6) is 0 Å². The van der Waals surface area contributed by atoms with Crippen molar-refractivity contribution in [3.8, 4) is 0 Å². The van der Waals surface area contributed by atoms with Crippen molar-refractivity contribution < 1.29 is 15.0 Å². The Morgan fingerprint density at radius 2 is 0.661 bits per heavy atom. The summed E-state index contributed by atoms with van der Waals surface area (Å²) in [6.45, 7) is 4.28. The molecule has 0 heterocycles. The Kier molecular flexibility index (Phi) is 49.8. The number of rotatable bonds is 49. The molecule has 59 heavy (non-hydrogen) atoms. The van der Waals surface area contributed by atoms with Crippen molar-refractivity contribution in [1.29, 1.82) is 0 Å². The summed E-state index contributed by atoms with van der Waals surface area (Å²) in [5.41, 5.74) is 0. The van der Waals surface area contributed by atoms with Crippen LogP contribution in [0.25, 0.3) is 0 Å². The maximum absolute atomic E-state index is 12.4. The summed E-state index contributed by atoms with van der Waals surface area (Å²) in [4.78, 5) is 12.4. The summed E-state index contributed by atoms with van der Waals surface area (Å²) in [6, 6.07) is -0.635. The van der Waals surface area contributed by atoms with Crippen LogP contribution in [0.4, 0.5) is 0 Å². The fourth-order valence-corrected chi connectivity index (χ4v) is 8.25. The van der Waals surface area contributed by atoms with E-state index >= 15 is 0 Å². The summed E-state index contributed by atoms with van der Waals surface area (Å²) >= 11 is 0. The fraction of sp³-hybridized carbons (Fsp3) is 0.873. The van der Waals surface area contributed by atoms with Gasteiger partial charge in [-0.25, -0.2) is 0 Å². The summed E-state index contributed by atoms with van der Waals surface area (Å²) in [7, 11) is 0. The van der Waals surface area contributed by atoms with E-state index in [-0.39, 0.29) is 12.5 Å². The first-order chi connectivity index (χ1) is 29.2. The van der Waals surface area contributed by atoms with Gasteiger partial charge in [-0.15, -0.1) is 0 Å². The molecule has 0 aromatic rings. The normalized spacial score (nSPS) is 13.1. The zero-order valence-electron chi connectivity index (χ0n) is 40.0. The maximum atomic E-state index is 12.4. The van der Waals surface area contributed by atoms with Crippen LogP contribution < -0.4 is 5.32 Å². The van der Waals surface area contributed by atoms with Gasteiger partial charge in [0, 0.05) is 6.42 Å². The Morgan fingerprint density at radius 1 is 0.390 bits per heavy atom. The second-order valence-electron chi connectivity index (χ2n) is 18.3. The second-order valence-corrected chi connectivity index (χ2v) is 18.3. The summed E-state index contributed by atoms with van der Waals surface area (Å²) in [6.07, 6.45) is 69.0. The average Bonchev–Trinajstić information content (AvgIpc) is 3.24. The van der Waals surface area contributed by atoms with Gasteiger partial charge >= 0.3 is 0 Å². The van der Waals surface area contributed by atoms with Crippen molar-refractivity contribution in [2.75, 3.05) is 6.61 Å². The number of amides is 1. The van der Waals surface area contributed by atoms with Crippen LogP contribution >= 0.6 is 0 Å². The molecule has 0 bridgehead atoms. The minimum absolute atomic E-state index is 0.0727. The summed E-state index contributed by atoms with van der Waals surface area (Å²) in [5.74, 6) is -0.0727. The highest BCUT2D eigenvalue weighted by Gasteiger charge is 2.17. The molecule has 1 amide bonds. The van der Waals surface area contributed by atoms with Gasteiger partial charge in [0.25, 0.3) is 0 Å². The monoisotopic (exact) mass is 828 g/mol. The van der Waals surface area contributed by atoms with E-state index < -0.39 is 12.1 Å². The minimum Gasteiger partial charge on any atom is -0.394 e. The second kappa shape index (κ2) is 51.0. The van der Waals surface area contributed by atoms with Crippen molar-refractivity contribution in [2.45, 2.75) is 302 Å². The molecule has 3 N–H and O–H groups in total. The zero-order valence-corrected chi connectivity index (χ0v) is 40.0. The van der Waals surface area contributed by atoms with Crippen LogP contribution in [0.2, 0.25) is 0 Å². The van der Waals surface area contributed by atoms with Gasteiger partial charge in [0.2, 0.25) is 5.91 Å². The molecule has 0 aliphatic rings. The van der Waals surface area contributed by atoms with Gasteiger partial charge in [0.1, 0.15) is 0 Å². The summed E-state index contributed by atoms with van der Waals surface area (Å²) < 4.78 is 0. The number of aliphatic hydroxyl groups excluding tert-OH is 2. The van der Waals surface area contributed by atoms with Gasteiger partial charge in [0.05, 0.1) is 18.8 Å². The highest BCUT2D eigenvalue weighted by Crippen LogP contribution is 2.17. The van der Waals surface area contributed by atoms with E-state index in [4.69, 9.17) is 0 Å². The van der Waals surface area contributed by atoms with Gasteiger partial charge in [-0.1, -0.05) is 262 Å². The van der Waals surface area contributed by atoms with Gasteiger partial charge in [0.15, 0.2) is 0 Å². The number of carbonyl (C=O) groups is 1. The fourth-order valence-electron chi connectivity index (χ4n) is 8.25. The van der Waals surface area contributed by atoms with Crippen LogP contribution in [0, 0.1) is 0 Å². The smallest absolute Gasteiger partial charge is 0.220 e. The predicted octanol–water partition coefficient (Wildman–Crippen LogP) is 17.3. The molecule has 4 nitrogen and oxygen atoms in total. The van der Waals surface area contributed by atoms with Crippen molar-refractivity contribution in [2.24, 2.45) is 0 Å². The Bertz CT molecular complexity index is 897. The average molecular weight is 828 g/mol. The lowest BCUT2D eigenvalue weighted by Crippen LogP contribution is -2.45. The quantitative estimate of drug-likeness (QED) is 0.0423. The molecule has 4 heteroatoms. The Hall–Kier alpha value is -1.39. The van der Waals surface area contributed by atoms with E-state index in [1.165, 1.54) is 238 Å². The number of hydrogen-bond donors (Lipinski definition) is 3. The molecular formula is C55H105NO3. The molecule has 0 aliphatic heterocycles. The van der Waals surface area contributed by atoms with Crippen LogP contribution in [0.3, 0.4) is 0 Å². The van der Waals surface area contributed by atoms with Crippen LogP contribution in [0.1, 0.15) is 290 Å².